The first-order valence-corrected chi connectivity index (χ1v) is 5.72. The summed E-state index contributed by atoms with van der Waals surface area (Å²) in [4.78, 5) is 14.7. The van der Waals surface area contributed by atoms with E-state index in [-0.39, 0.29) is 24.2 Å². The van der Waals surface area contributed by atoms with E-state index in [1.54, 1.807) is 6.07 Å². The lowest BCUT2D eigenvalue weighted by Crippen LogP contribution is -2.38. The van der Waals surface area contributed by atoms with Gasteiger partial charge in [-0.3, -0.25) is 9.78 Å². The molecule has 0 aliphatic carbocycles. The number of carboxylic acids is 1. The molecule has 2 unspecified atom stereocenters. The molecule has 5 heteroatoms. The molecule has 1 saturated heterocycles. The van der Waals surface area contributed by atoms with Crippen LogP contribution in [0.2, 0.25) is 0 Å². The van der Waals surface area contributed by atoms with Crippen molar-refractivity contribution < 1.29 is 14.3 Å². The summed E-state index contributed by atoms with van der Waals surface area (Å²) in [5.41, 5.74) is 0.850. The zero-order valence-electron chi connectivity index (χ0n) is 9.40. The maximum Gasteiger partial charge on any atom is 0.304 e. The van der Waals surface area contributed by atoms with Crippen LogP contribution >= 0.6 is 0 Å². The number of carbonyl (C=O) groups is 1. The Hall–Kier alpha value is -1.49. The standard InChI is InChI=1S/C12H15FN2O2/c13-9-1-2-11(15-7-9)8-3-4-14-10(5-8)6-12(16)17/h1-2,7-8,10,14H,3-6H2,(H,16,17). The van der Waals surface area contributed by atoms with Crippen molar-refractivity contribution in [3.8, 4) is 0 Å². The van der Waals surface area contributed by atoms with Gasteiger partial charge in [-0.25, -0.2) is 4.39 Å². The van der Waals surface area contributed by atoms with Crippen molar-refractivity contribution in [1.82, 2.24) is 10.3 Å². The van der Waals surface area contributed by atoms with Crippen molar-refractivity contribution in [3.63, 3.8) is 0 Å². The minimum absolute atomic E-state index is 0.0156. The highest BCUT2D eigenvalue weighted by atomic mass is 19.1. The Bertz CT molecular complexity index is 394. The predicted molar refractivity (Wildman–Crippen MR) is 60.2 cm³/mol. The Balaban J connectivity index is 2.01. The molecule has 1 fully saturated rings. The molecule has 17 heavy (non-hydrogen) atoms. The second kappa shape index (κ2) is 5.23. The van der Waals surface area contributed by atoms with Gasteiger partial charge in [0.05, 0.1) is 12.6 Å². The second-order valence-electron chi connectivity index (χ2n) is 4.37. The lowest BCUT2D eigenvalue weighted by atomic mass is 9.88. The largest absolute Gasteiger partial charge is 0.481 e. The summed E-state index contributed by atoms with van der Waals surface area (Å²) in [6.45, 7) is 0.779. The van der Waals surface area contributed by atoms with Gasteiger partial charge in [0.15, 0.2) is 0 Å². The first-order valence-electron chi connectivity index (χ1n) is 5.72. The number of aromatic nitrogens is 1. The van der Waals surface area contributed by atoms with E-state index in [0.29, 0.717) is 0 Å². The number of nitrogens with zero attached hydrogens (tertiary/aromatic N) is 1. The number of piperidine rings is 1. The number of hydrogen-bond donors (Lipinski definition) is 2. The molecule has 0 saturated carbocycles. The van der Waals surface area contributed by atoms with Crippen LogP contribution in [0.15, 0.2) is 18.3 Å². The van der Waals surface area contributed by atoms with Crippen molar-refractivity contribution in [2.45, 2.75) is 31.2 Å². The molecule has 0 amide bonds. The molecule has 0 aromatic carbocycles. The number of rotatable bonds is 3. The molecule has 1 aliphatic heterocycles. The van der Waals surface area contributed by atoms with Gasteiger partial charge in [0.25, 0.3) is 0 Å². The van der Waals surface area contributed by atoms with Crippen LogP contribution in [0.3, 0.4) is 0 Å². The van der Waals surface area contributed by atoms with Crippen LogP contribution in [-0.2, 0) is 4.79 Å². The van der Waals surface area contributed by atoms with Gasteiger partial charge in [-0.1, -0.05) is 0 Å². The van der Waals surface area contributed by atoms with Crippen molar-refractivity contribution in [2.24, 2.45) is 0 Å². The number of hydrogen-bond acceptors (Lipinski definition) is 3. The first-order chi connectivity index (χ1) is 8.15. The van der Waals surface area contributed by atoms with E-state index in [1.807, 2.05) is 0 Å². The van der Waals surface area contributed by atoms with Crippen LogP contribution in [-0.4, -0.2) is 28.6 Å². The lowest BCUT2D eigenvalue weighted by molar-refractivity contribution is -0.137. The van der Waals surface area contributed by atoms with E-state index < -0.39 is 5.97 Å². The maximum atomic E-state index is 12.7. The average molecular weight is 238 g/mol. The summed E-state index contributed by atoms with van der Waals surface area (Å²) in [6, 6.07) is 3.07. The highest BCUT2D eigenvalue weighted by Gasteiger charge is 2.25. The molecule has 0 radical (unpaired) electrons. The summed E-state index contributed by atoms with van der Waals surface area (Å²) in [7, 11) is 0. The molecule has 1 aromatic heterocycles. The van der Waals surface area contributed by atoms with E-state index in [2.05, 4.69) is 10.3 Å². The number of halogens is 1. The van der Waals surface area contributed by atoms with Gasteiger partial charge in [-0.15, -0.1) is 0 Å². The fourth-order valence-electron chi connectivity index (χ4n) is 2.27. The van der Waals surface area contributed by atoms with Crippen LogP contribution in [0.5, 0.6) is 0 Å². The zero-order chi connectivity index (χ0) is 12.3. The average Bonchev–Trinajstić information content (AvgIpc) is 2.29. The SMILES string of the molecule is O=C(O)CC1CC(c2ccc(F)cn2)CCN1. The molecular formula is C12H15FN2O2. The normalized spacial score (nSPS) is 24.5. The van der Waals surface area contributed by atoms with Crippen LogP contribution in [0.4, 0.5) is 4.39 Å². The predicted octanol–water partition coefficient (Wildman–Crippen LogP) is 1.53. The van der Waals surface area contributed by atoms with Gasteiger partial charge in [0.1, 0.15) is 5.82 Å². The Labute approximate surface area is 98.9 Å². The smallest absolute Gasteiger partial charge is 0.304 e. The van der Waals surface area contributed by atoms with E-state index >= 15 is 0 Å². The number of aliphatic carboxylic acids is 1. The van der Waals surface area contributed by atoms with E-state index in [0.717, 1.165) is 25.1 Å². The molecule has 2 atom stereocenters. The Morgan fingerprint density at radius 2 is 2.41 bits per heavy atom. The number of carboxylic acid groups (broad SMARTS) is 1. The van der Waals surface area contributed by atoms with Crippen LogP contribution < -0.4 is 5.32 Å². The van der Waals surface area contributed by atoms with E-state index in [4.69, 9.17) is 5.11 Å². The molecule has 0 bridgehead atoms. The second-order valence-corrected chi connectivity index (χ2v) is 4.37. The molecule has 4 nitrogen and oxygen atoms in total. The van der Waals surface area contributed by atoms with Crippen molar-refractivity contribution in [2.75, 3.05) is 6.54 Å². The highest BCUT2D eigenvalue weighted by molar-refractivity contribution is 5.67. The summed E-state index contributed by atoms with van der Waals surface area (Å²) in [5, 5.41) is 11.9. The fourth-order valence-corrected chi connectivity index (χ4v) is 2.27. The summed E-state index contributed by atoms with van der Waals surface area (Å²) < 4.78 is 12.7. The molecule has 1 aromatic rings. The maximum absolute atomic E-state index is 12.7. The minimum Gasteiger partial charge on any atom is -0.481 e. The van der Waals surface area contributed by atoms with Crippen molar-refractivity contribution in [1.29, 1.82) is 0 Å². The third-order valence-corrected chi connectivity index (χ3v) is 3.08. The Kier molecular flexibility index (Phi) is 3.68. The molecule has 2 heterocycles. The summed E-state index contributed by atoms with van der Waals surface area (Å²) >= 11 is 0. The van der Waals surface area contributed by atoms with Gasteiger partial charge in [-0.2, -0.15) is 0 Å². The molecule has 92 valence electrons. The van der Waals surface area contributed by atoms with Gasteiger partial charge in [0, 0.05) is 17.7 Å². The number of nitrogens with one attached hydrogen (secondary N) is 1. The topological polar surface area (TPSA) is 62.2 Å². The Morgan fingerprint density at radius 1 is 1.59 bits per heavy atom. The zero-order valence-corrected chi connectivity index (χ0v) is 9.40. The monoisotopic (exact) mass is 238 g/mol. The third-order valence-electron chi connectivity index (χ3n) is 3.08. The van der Waals surface area contributed by atoms with E-state index in [1.165, 1.54) is 12.3 Å². The lowest BCUT2D eigenvalue weighted by Gasteiger charge is -2.29. The molecule has 0 spiro atoms. The van der Waals surface area contributed by atoms with Crippen LogP contribution in [0.1, 0.15) is 30.9 Å². The van der Waals surface area contributed by atoms with Crippen LogP contribution in [0.25, 0.3) is 0 Å². The fraction of sp³-hybridized carbons (Fsp3) is 0.500. The summed E-state index contributed by atoms with van der Waals surface area (Å²) in [6.07, 6.45) is 2.99. The Morgan fingerprint density at radius 3 is 3.06 bits per heavy atom. The van der Waals surface area contributed by atoms with Gasteiger partial charge in [-0.05, 0) is 31.5 Å². The van der Waals surface area contributed by atoms with E-state index in [9.17, 15) is 9.18 Å². The molecule has 2 rings (SSSR count). The van der Waals surface area contributed by atoms with Crippen molar-refractivity contribution in [3.05, 3.63) is 29.8 Å². The van der Waals surface area contributed by atoms with Gasteiger partial charge in [0.2, 0.25) is 0 Å². The molecule has 1 aliphatic rings. The summed E-state index contributed by atoms with van der Waals surface area (Å²) in [5.74, 6) is -0.916. The van der Waals surface area contributed by atoms with Crippen LogP contribution in [0, 0.1) is 5.82 Å². The van der Waals surface area contributed by atoms with Gasteiger partial charge < -0.3 is 10.4 Å². The highest BCUT2D eigenvalue weighted by Crippen LogP contribution is 2.27. The molecular weight excluding hydrogens is 223 g/mol. The minimum atomic E-state index is -0.796. The van der Waals surface area contributed by atoms with Crippen molar-refractivity contribution >= 4 is 5.97 Å². The quantitative estimate of drug-likeness (QED) is 0.838. The first kappa shape index (κ1) is 12.0. The molecule has 2 N–H and O–H groups in total. The third kappa shape index (κ3) is 3.23. The number of pyridine rings is 1. The van der Waals surface area contributed by atoms with Gasteiger partial charge >= 0.3 is 5.97 Å².